The molecule has 0 spiro atoms. The van der Waals surface area contributed by atoms with Crippen LogP contribution in [0.1, 0.15) is 44.1 Å². The molecule has 0 atom stereocenters. The van der Waals surface area contributed by atoms with Crippen molar-refractivity contribution in [3.8, 4) is 0 Å². The van der Waals surface area contributed by atoms with Crippen molar-refractivity contribution in [3.63, 3.8) is 0 Å². The summed E-state index contributed by atoms with van der Waals surface area (Å²) in [4.78, 5) is 6.78. The summed E-state index contributed by atoms with van der Waals surface area (Å²) in [6.07, 6.45) is 9.82. The van der Waals surface area contributed by atoms with E-state index < -0.39 is 0 Å². The van der Waals surface area contributed by atoms with Crippen LogP contribution in [0.2, 0.25) is 0 Å². The van der Waals surface area contributed by atoms with Gasteiger partial charge in [-0.25, -0.2) is 0 Å². The van der Waals surface area contributed by atoms with Crippen LogP contribution in [-0.2, 0) is 0 Å². The predicted molar refractivity (Wildman–Crippen MR) is 89.7 cm³/mol. The van der Waals surface area contributed by atoms with Crippen LogP contribution in [0.25, 0.3) is 0 Å². The molecule has 1 aliphatic carbocycles. The SMILES string of the molecule is CN1CCCN=C1c1ccn(NCC2CCCCC2)c(=N)c1. The minimum absolute atomic E-state index is 0.495. The van der Waals surface area contributed by atoms with Crippen LogP contribution in [-0.4, -0.2) is 42.1 Å². The molecule has 1 aromatic rings. The number of pyridine rings is 1. The van der Waals surface area contributed by atoms with E-state index in [1.165, 1.54) is 32.1 Å². The molecule has 1 fully saturated rings. The zero-order valence-electron chi connectivity index (χ0n) is 13.5. The van der Waals surface area contributed by atoms with E-state index in [0.29, 0.717) is 5.49 Å². The van der Waals surface area contributed by atoms with E-state index in [0.717, 1.165) is 43.4 Å². The van der Waals surface area contributed by atoms with E-state index in [1.54, 1.807) is 0 Å². The first-order valence-electron chi connectivity index (χ1n) is 8.51. The Kier molecular flexibility index (Phi) is 4.80. The lowest BCUT2D eigenvalue weighted by atomic mass is 9.89. The maximum Gasteiger partial charge on any atom is 0.144 e. The number of aromatic nitrogens is 1. The summed E-state index contributed by atoms with van der Waals surface area (Å²) in [6, 6.07) is 3.97. The molecule has 0 radical (unpaired) electrons. The van der Waals surface area contributed by atoms with Gasteiger partial charge >= 0.3 is 0 Å². The van der Waals surface area contributed by atoms with E-state index >= 15 is 0 Å². The van der Waals surface area contributed by atoms with Crippen molar-refractivity contribution in [2.24, 2.45) is 10.9 Å². The minimum Gasteiger partial charge on any atom is -0.359 e. The fraction of sp³-hybridized carbons (Fsp3) is 0.647. The molecule has 22 heavy (non-hydrogen) atoms. The summed E-state index contributed by atoms with van der Waals surface area (Å²) in [5, 5.41) is 8.24. The fourth-order valence-electron chi connectivity index (χ4n) is 3.43. The van der Waals surface area contributed by atoms with Gasteiger partial charge in [-0.3, -0.25) is 15.1 Å². The molecule has 2 heterocycles. The molecular formula is C17H27N5. The maximum atomic E-state index is 8.24. The third kappa shape index (κ3) is 3.51. The van der Waals surface area contributed by atoms with Gasteiger partial charge < -0.3 is 10.3 Å². The van der Waals surface area contributed by atoms with Crippen LogP contribution >= 0.6 is 0 Å². The Morgan fingerprint density at radius 2 is 2.09 bits per heavy atom. The molecule has 1 aliphatic heterocycles. The van der Waals surface area contributed by atoms with Gasteiger partial charge in [0.15, 0.2) is 0 Å². The minimum atomic E-state index is 0.495. The zero-order chi connectivity index (χ0) is 15.4. The monoisotopic (exact) mass is 301 g/mol. The van der Waals surface area contributed by atoms with Crippen molar-refractivity contribution in [1.29, 1.82) is 5.41 Å². The van der Waals surface area contributed by atoms with Crippen LogP contribution in [0, 0.1) is 11.3 Å². The van der Waals surface area contributed by atoms with Crippen molar-refractivity contribution < 1.29 is 0 Å². The Hall–Kier alpha value is -1.78. The average Bonchev–Trinajstić information content (AvgIpc) is 2.55. The number of hydrogen-bond acceptors (Lipinski definition) is 4. The van der Waals surface area contributed by atoms with Crippen molar-refractivity contribution in [1.82, 2.24) is 9.58 Å². The van der Waals surface area contributed by atoms with E-state index in [9.17, 15) is 0 Å². The first-order chi connectivity index (χ1) is 10.7. The highest BCUT2D eigenvalue weighted by Crippen LogP contribution is 2.22. The van der Waals surface area contributed by atoms with Gasteiger partial charge in [0, 0.05) is 38.4 Å². The van der Waals surface area contributed by atoms with E-state index in [4.69, 9.17) is 5.41 Å². The van der Waals surface area contributed by atoms with Crippen molar-refractivity contribution in [2.45, 2.75) is 38.5 Å². The number of nitrogens with one attached hydrogen (secondary N) is 2. The molecule has 1 aromatic heterocycles. The average molecular weight is 301 g/mol. The number of nitrogens with zero attached hydrogens (tertiary/aromatic N) is 3. The lowest BCUT2D eigenvalue weighted by Gasteiger charge is -2.26. The summed E-state index contributed by atoms with van der Waals surface area (Å²) in [5.74, 6) is 1.77. The van der Waals surface area contributed by atoms with E-state index in [2.05, 4.69) is 28.4 Å². The predicted octanol–water partition coefficient (Wildman–Crippen LogP) is 2.17. The molecule has 1 saturated carbocycles. The lowest BCUT2D eigenvalue weighted by Crippen LogP contribution is -2.36. The highest BCUT2D eigenvalue weighted by molar-refractivity contribution is 5.98. The Bertz CT molecular complexity index is 583. The van der Waals surface area contributed by atoms with Crippen LogP contribution in [0.3, 0.4) is 0 Å². The van der Waals surface area contributed by atoms with E-state index in [1.807, 2.05) is 16.9 Å². The summed E-state index contributed by atoms with van der Waals surface area (Å²) >= 11 is 0. The van der Waals surface area contributed by atoms with Crippen molar-refractivity contribution >= 4 is 5.84 Å². The number of rotatable bonds is 4. The van der Waals surface area contributed by atoms with Crippen molar-refractivity contribution in [2.75, 3.05) is 32.1 Å². The second-order valence-corrected chi connectivity index (χ2v) is 6.52. The number of amidine groups is 1. The highest BCUT2D eigenvalue weighted by atomic mass is 15.4. The Labute approximate surface area is 132 Å². The van der Waals surface area contributed by atoms with Gasteiger partial charge in [-0.15, -0.1) is 0 Å². The first-order valence-corrected chi connectivity index (χ1v) is 8.51. The Balaban J connectivity index is 1.67. The van der Waals surface area contributed by atoms with Gasteiger partial charge in [-0.1, -0.05) is 19.3 Å². The molecule has 0 unspecified atom stereocenters. The van der Waals surface area contributed by atoms with Gasteiger partial charge in [-0.05, 0) is 37.3 Å². The molecule has 5 heteroatoms. The Morgan fingerprint density at radius 1 is 1.27 bits per heavy atom. The maximum absolute atomic E-state index is 8.24. The van der Waals surface area contributed by atoms with Crippen molar-refractivity contribution in [3.05, 3.63) is 29.4 Å². The molecule has 120 valence electrons. The summed E-state index contributed by atoms with van der Waals surface area (Å²) in [6.45, 7) is 2.90. The molecule has 0 bridgehead atoms. The smallest absolute Gasteiger partial charge is 0.144 e. The largest absolute Gasteiger partial charge is 0.359 e. The number of hydrogen-bond donors (Lipinski definition) is 2. The molecule has 0 amide bonds. The van der Waals surface area contributed by atoms with Gasteiger partial charge in [-0.2, -0.15) is 0 Å². The summed E-state index contributed by atoms with van der Waals surface area (Å²) < 4.78 is 1.83. The standard InChI is InChI=1S/C17H27N5/c1-21-10-5-9-19-17(21)15-8-11-22(16(18)12-15)20-13-14-6-3-2-4-7-14/h8,11-12,14,18,20H,2-7,9-10,13H2,1H3. The second kappa shape index (κ2) is 6.99. The van der Waals surface area contributed by atoms with Gasteiger partial charge in [0.05, 0.1) is 0 Å². The number of aliphatic imine (C=N–C) groups is 1. The van der Waals surface area contributed by atoms with Crippen LogP contribution in [0.15, 0.2) is 23.3 Å². The molecular weight excluding hydrogens is 274 g/mol. The summed E-state index contributed by atoms with van der Waals surface area (Å²) in [7, 11) is 2.07. The topological polar surface area (TPSA) is 56.4 Å². The molecule has 5 nitrogen and oxygen atoms in total. The van der Waals surface area contributed by atoms with Gasteiger partial charge in [0.25, 0.3) is 0 Å². The van der Waals surface area contributed by atoms with E-state index in [-0.39, 0.29) is 0 Å². The van der Waals surface area contributed by atoms with Crippen LogP contribution in [0.4, 0.5) is 0 Å². The Morgan fingerprint density at radius 3 is 2.82 bits per heavy atom. The summed E-state index contributed by atoms with van der Waals surface area (Å²) in [5.41, 5.74) is 4.94. The first kappa shape index (κ1) is 15.1. The third-order valence-electron chi connectivity index (χ3n) is 4.76. The fourth-order valence-corrected chi connectivity index (χ4v) is 3.43. The molecule has 2 N–H and O–H groups in total. The molecule has 2 aliphatic rings. The van der Waals surface area contributed by atoms with Gasteiger partial charge in [0.2, 0.25) is 0 Å². The van der Waals surface area contributed by atoms with Gasteiger partial charge in [0.1, 0.15) is 11.3 Å². The second-order valence-electron chi connectivity index (χ2n) is 6.52. The highest BCUT2D eigenvalue weighted by Gasteiger charge is 2.15. The normalized spacial score (nSPS) is 19.9. The molecule has 0 aromatic carbocycles. The van der Waals surface area contributed by atoms with Crippen LogP contribution < -0.4 is 10.9 Å². The molecule has 3 rings (SSSR count). The third-order valence-corrected chi connectivity index (χ3v) is 4.76. The quantitative estimate of drug-likeness (QED) is 0.895. The zero-order valence-corrected chi connectivity index (χ0v) is 13.5. The molecule has 0 saturated heterocycles. The van der Waals surface area contributed by atoms with Crippen LogP contribution in [0.5, 0.6) is 0 Å². The lowest BCUT2D eigenvalue weighted by molar-refractivity contribution is 0.365.